The number of aldehydes is 1. The Morgan fingerprint density at radius 1 is 1.00 bits per heavy atom. The van der Waals surface area contributed by atoms with Gasteiger partial charge in [-0.2, -0.15) is 0 Å². The molecule has 3 atom stereocenters. The number of carboxylic acids is 1. The lowest BCUT2D eigenvalue weighted by molar-refractivity contribution is -0.137. The van der Waals surface area contributed by atoms with Crippen LogP contribution in [0.4, 0.5) is 10.5 Å². The Labute approximate surface area is 358 Å². The molecular formula is C47H68N4O7S. The number of carbonyl (C=O) groups excluding carboxylic acids is 2. The van der Waals surface area contributed by atoms with Gasteiger partial charge in [0.25, 0.3) is 0 Å². The lowest BCUT2D eigenvalue weighted by atomic mass is 9.91. The first-order chi connectivity index (χ1) is 28.2. The van der Waals surface area contributed by atoms with Gasteiger partial charge in [0.2, 0.25) is 0 Å². The molecule has 0 aromatic heterocycles. The average Bonchev–Trinajstić information content (AvgIpc) is 3.47. The third-order valence-electron chi connectivity index (χ3n) is 8.97. The van der Waals surface area contributed by atoms with Crippen LogP contribution in [0.3, 0.4) is 0 Å². The molecule has 2 aromatic rings. The van der Waals surface area contributed by atoms with Gasteiger partial charge in [0.05, 0.1) is 31.2 Å². The summed E-state index contributed by atoms with van der Waals surface area (Å²) in [7, 11) is 0. The number of anilines is 1. The van der Waals surface area contributed by atoms with Crippen LogP contribution in [0, 0.1) is 17.8 Å². The molecule has 2 aromatic carbocycles. The van der Waals surface area contributed by atoms with Crippen molar-refractivity contribution in [3.63, 3.8) is 0 Å². The van der Waals surface area contributed by atoms with Crippen molar-refractivity contribution in [1.82, 2.24) is 4.90 Å². The SMILES string of the molecule is C=NCC.C=N[C@@H](CC=O)C(=C)N(CC)C1SC(C)=C(C)C1Cc1ccc(C#CCOCCOCCc2cc(CCC(=O)O)cc(NC(=O)OC(C)(C)C)c2)cc1.CC. The maximum atomic E-state index is 12.3. The normalized spacial score (nSPS) is 14.9. The summed E-state index contributed by atoms with van der Waals surface area (Å²) in [6.45, 7) is 32.1. The highest BCUT2D eigenvalue weighted by molar-refractivity contribution is 8.03. The second kappa shape index (κ2) is 28.7. The lowest BCUT2D eigenvalue weighted by Gasteiger charge is -2.37. The van der Waals surface area contributed by atoms with E-state index in [0.29, 0.717) is 44.3 Å². The summed E-state index contributed by atoms with van der Waals surface area (Å²) in [4.78, 5) is 45.9. The number of aryl methyl sites for hydroxylation is 1. The van der Waals surface area contributed by atoms with Crippen LogP contribution in [0.1, 0.15) is 97.4 Å². The number of amides is 1. The Balaban J connectivity index is 0.00000273. The average molecular weight is 833 g/mol. The smallest absolute Gasteiger partial charge is 0.412 e. The van der Waals surface area contributed by atoms with Crippen LogP contribution in [0.25, 0.3) is 0 Å². The zero-order valence-corrected chi connectivity index (χ0v) is 37.7. The van der Waals surface area contributed by atoms with Crippen molar-refractivity contribution in [3.05, 3.63) is 87.5 Å². The number of rotatable bonds is 21. The number of nitrogens with zero attached hydrogens (tertiary/aromatic N) is 3. The molecule has 0 bridgehead atoms. The number of likely N-dealkylation sites (N-methyl/N-ethyl adjacent to an activating group) is 1. The van der Waals surface area contributed by atoms with E-state index in [-0.39, 0.29) is 30.9 Å². The van der Waals surface area contributed by atoms with Gasteiger partial charge in [0.15, 0.2) is 0 Å². The maximum absolute atomic E-state index is 12.3. The number of carbonyl (C=O) groups is 3. The first kappa shape index (κ1) is 52.3. The Bertz CT molecular complexity index is 1740. The number of benzene rings is 2. The molecule has 59 heavy (non-hydrogen) atoms. The van der Waals surface area contributed by atoms with Crippen LogP contribution in [-0.2, 0) is 43.1 Å². The van der Waals surface area contributed by atoms with Gasteiger partial charge >= 0.3 is 12.1 Å². The fourth-order valence-electron chi connectivity index (χ4n) is 5.96. The number of aliphatic carboxylic acids is 1. The Kier molecular flexibility index (Phi) is 25.4. The molecule has 0 spiro atoms. The van der Waals surface area contributed by atoms with E-state index in [1.807, 2.05) is 56.8 Å². The Morgan fingerprint density at radius 2 is 1.63 bits per heavy atom. The van der Waals surface area contributed by atoms with E-state index < -0.39 is 17.7 Å². The second-order valence-corrected chi connectivity index (χ2v) is 15.8. The molecule has 0 fully saturated rings. The molecule has 324 valence electrons. The third-order valence-corrected chi connectivity index (χ3v) is 10.5. The monoisotopic (exact) mass is 832 g/mol. The van der Waals surface area contributed by atoms with E-state index in [9.17, 15) is 14.4 Å². The van der Waals surface area contributed by atoms with E-state index in [1.54, 1.807) is 26.8 Å². The molecule has 0 aliphatic carbocycles. The van der Waals surface area contributed by atoms with Crippen molar-refractivity contribution in [2.75, 3.05) is 44.8 Å². The number of hydrogen-bond donors (Lipinski definition) is 2. The van der Waals surface area contributed by atoms with Gasteiger partial charge in [-0.25, -0.2) is 4.79 Å². The molecule has 12 heteroatoms. The Morgan fingerprint density at radius 3 is 2.19 bits per heavy atom. The van der Waals surface area contributed by atoms with Gasteiger partial charge in [0, 0.05) is 48.8 Å². The van der Waals surface area contributed by atoms with Crippen molar-refractivity contribution < 1.29 is 33.7 Å². The molecule has 1 heterocycles. The largest absolute Gasteiger partial charge is 0.481 e. The van der Waals surface area contributed by atoms with Gasteiger partial charge in [-0.15, -0.1) is 11.8 Å². The predicted octanol–water partition coefficient (Wildman–Crippen LogP) is 9.43. The van der Waals surface area contributed by atoms with Gasteiger partial charge in [0.1, 0.15) is 18.5 Å². The third kappa shape index (κ3) is 20.2. The first-order valence-corrected chi connectivity index (χ1v) is 21.2. The summed E-state index contributed by atoms with van der Waals surface area (Å²) in [5.74, 6) is 5.65. The maximum Gasteiger partial charge on any atom is 0.412 e. The minimum absolute atomic E-state index is 0.00875. The zero-order valence-electron chi connectivity index (χ0n) is 36.9. The molecule has 2 N–H and O–H groups in total. The van der Waals surface area contributed by atoms with E-state index >= 15 is 0 Å². The van der Waals surface area contributed by atoms with E-state index in [2.05, 4.69) is 85.0 Å². The number of hydrogen-bond acceptors (Lipinski definition) is 10. The van der Waals surface area contributed by atoms with E-state index in [4.69, 9.17) is 19.3 Å². The first-order valence-electron chi connectivity index (χ1n) is 20.3. The summed E-state index contributed by atoms with van der Waals surface area (Å²) in [6, 6.07) is 13.6. The van der Waals surface area contributed by atoms with Crippen LogP contribution < -0.4 is 5.32 Å². The number of carboxylic acid groups (broad SMARTS) is 1. The fraction of sp³-hybridized carbons (Fsp3) is 0.511. The summed E-state index contributed by atoms with van der Waals surface area (Å²) < 4.78 is 16.8. The van der Waals surface area contributed by atoms with Crippen LogP contribution in [0.2, 0.25) is 0 Å². The second-order valence-electron chi connectivity index (χ2n) is 14.4. The lowest BCUT2D eigenvalue weighted by Crippen LogP contribution is -2.39. The summed E-state index contributed by atoms with van der Waals surface area (Å²) in [5.41, 5.74) is 5.98. The Hall–Kier alpha value is -4.70. The van der Waals surface area contributed by atoms with E-state index in [0.717, 1.165) is 48.2 Å². The van der Waals surface area contributed by atoms with Gasteiger partial charge in [-0.3, -0.25) is 15.1 Å². The number of nitrogens with one attached hydrogen (secondary N) is 1. The van der Waals surface area contributed by atoms with Gasteiger partial charge in [-0.05, 0) is 127 Å². The molecule has 2 unspecified atom stereocenters. The van der Waals surface area contributed by atoms with Gasteiger partial charge < -0.3 is 34.0 Å². The highest BCUT2D eigenvalue weighted by Crippen LogP contribution is 2.46. The number of ether oxygens (including phenoxy) is 3. The molecule has 1 aliphatic heterocycles. The molecule has 0 radical (unpaired) electrons. The molecule has 1 aliphatic rings. The van der Waals surface area contributed by atoms with Crippen molar-refractivity contribution in [1.29, 1.82) is 0 Å². The highest BCUT2D eigenvalue weighted by atomic mass is 32.2. The molecule has 0 saturated carbocycles. The number of allylic oxidation sites excluding steroid dienone is 1. The van der Waals surface area contributed by atoms with Crippen molar-refractivity contribution in [2.24, 2.45) is 15.9 Å². The molecule has 11 nitrogen and oxygen atoms in total. The fourth-order valence-corrected chi connectivity index (χ4v) is 7.53. The quantitative estimate of drug-likeness (QED) is 0.0545. The predicted molar refractivity (Wildman–Crippen MR) is 245 cm³/mol. The van der Waals surface area contributed by atoms with Crippen molar-refractivity contribution in [2.45, 2.75) is 111 Å². The number of aliphatic imine (C=N–C) groups is 2. The van der Waals surface area contributed by atoms with Gasteiger partial charge in [-0.1, -0.05) is 56.0 Å². The summed E-state index contributed by atoms with van der Waals surface area (Å²) in [5, 5.41) is 12.0. The standard InChI is InChI=1S/C42H55N3O7S.C3H7N.C2H6/c1-9-45(30(3)38(43-8)18-20-46)40-37(29(2)31(4)53-40)28-33-14-12-32(13-15-33)11-10-21-50-23-24-51-22-19-35-25-34(16-17-39(47)48)26-36(27-35)44-41(49)52-42(5,6)7;1-3-4-2;1-2/h12-15,20,25-27,37-38,40H,3,8-9,16-19,21-24,28H2,1-2,4-7H3,(H,44,49)(H,47,48);2-3H2,1H3;1-2H3/t37?,38-,40?;;/m0../s1. The minimum atomic E-state index is -0.883. The minimum Gasteiger partial charge on any atom is -0.481 e. The molecule has 0 saturated heterocycles. The topological polar surface area (TPSA) is 139 Å². The van der Waals surface area contributed by atoms with Crippen LogP contribution in [0.15, 0.2) is 75.2 Å². The molecule has 3 rings (SSSR count). The summed E-state index contributed by atoms with van der Waals surface area (Å²) in [6.07, 6.45) is 2.38. The zero-order chi connectivity index (χ0) is 44.4. The molecule has 1 amide bonds. The van der Waals surface area contributed by atoms with Crippen LogP contribution >= 0.6 is 11.8 Å². The highest BCUT2D eigenvalue weighted by Gasteiger charge is 2.37. The molecular weight excluding hydrogens is 765 g/mol. The van der Waals surface area contributed by atoms with Crippen LogP contribution in [-0.4, -0.2) is 98.3 Å². The number of thioether (sulfide) groups is 1. The summed E-state index contributed by atoms with van der Waals surface area (Å²) >= 11 is 1.85. The van der Waals surface area contributed by atoms with Crippen molar-refractivity contribution >= 4 is 49.2 Å². The van der Waals surface area contributed by atoms with Crippen LogP contribution in [0.5, 0.6) is 0 Å². The van der Waals surface area contributed by atoms with E-state index in [1.165, 1.54) is 16.0 Å². The van der Waals surface area contributed by atoms with Crippen molar-refractivity contribution in [3.8, 4) is 11.8 Å².